The summed E-state index contributed by atoms with van der Waals surface area (Å²) < 4.78 is 0. The number of halogens is 1. The highest BCUT2D eigenvalue weighted by atomic mass is 35.5. The first-order chi connectivity index (χ1) is 4.31. The van der Waals surface area contributed by atoms with Crippen LogP contribution in [0.3, 0.4) is 0 Å². The van der Waals surface area contributed by atoms with E-state index in [1.54, 1.807) is 0 Å². The highest BCUT2D eigenvalue weighted by Crippen LogP contribution is 1.98. The molecule has 0 rings (SSSR count). The van der Waals surface area contributed by atoms with Crippen molar-refractivity contribution in [3.05, 3.63) is 0 Å². The van der Waals surface area contributed by atoms with Gasteiger partial charge < -0.3 is 5.11 Å². The predicted octanol–water partition coefficient (Wildman–Crippen LogP) is 0.177. The molecule has 0 aliphatic rings. The minimum atomic E-state index is -0.576. The first kappa shape index (κ1) is 9.17. The van der Waals surface area contributed by atoms with Crippen LogP contribution in [-0.2, 0) is 0 Å². The number of nitrogens with one attached hydrogen (secondary N) is 1. The van der Waals surface area contributed by atoms with E-state index in [9.17, 15) is 0 Å². The summed E-state index contributed by atoms with van der Waals surface area (Å²) in [4.78, 5) is 0. The van der Waals surface area contributed by atoms with Gasteiger partial charge in [0.1, 0.15) is 6.23 Å². The molecule has 3 nitrogen and oxygen atoms in total. The van der Waals surface area contributed by atoms with Gasteiger partial charge in [-0.15, -0.1) is 11.6 Å². The molecule has 0 aliphatic heterocycles. The summed E-state index contributed by atoms with van der Waals surface area (Å²) >= 11 is 5.39. The van der Waals surface area contributed by atoms with Crippen LogP contribution in [0.25, 0.3) is 0 Å². The van der Waals surface area contributed by atoms with Gasteiger partial charge in [0.15, 0.2) is 0 Å². The van der Waals surface area contributed by atoms with Crippen LogP contribution < -0.4 is 11.3 Å². The van der Waals surface area contributed by atoms with Crippen molar-refractivity contribution in [1.29, 1.82) is 0 Å². The van der Waals surface area contributed by atoms with E-state index in [1.165, 1.54) is 0 Å². The third-order valence-corrected chi connectivity index (χ3v) is 1.32. The molecule has 0 aliphatic carbocycles. The largest absolute Gasteiger partial charge is 0.377 e. The molecule has 0 aromatic carbocycles. The first-order valence-corrected chi connectivity index (χ1v) is 3.55. The van der Waals surface area contributed by atoms with Crippen LogP contribution in [0.1, 0.15) is 19.3 Å². The molecule has 9 heavy (non-hydrogen) atoms. The topological polar surface area (TPSA) is 58.3 Å². The maximum atomic E-state index is 8.81. The summed E-state index contributed by atoms with van der Waals surface area (Å²) in [6.45, 7) is 0. The molecule has 0 spiro atoms. The minimum absolute atomic E-state index is 0.576. The number of aliphatic hydroxyl groups is 1. The quantitative estimate of drug-likeness (QED) is 0.173. The minimum Gasteiger partial charge on any atom is -0.377 e. The van der Waals surface area contributed by atoms with Crippen LogP contribution in [0.5, 0.6) is 0 Å². The highest BCUT2D eigenvalue weighted by molar-refractivity contribution is 6.17. The molecule has 0 saturated carbocycles. The Morgan fingerprint density at radius 3 is 2.67 bits per heavy atom. The van der Waals surface area contributed by atoms with E-state index in [2.05, 4.69) is 5.43 Å². The third-order valence-electron chi connectivity index (χ3n) is 1.05. The van der Waals surface area contributed by atoms with E-state index < -0.39 is 6.23 Å². The van der Waals surface area contributed by atoms with Crippen molar-refractivity contribution >= 4 is 11.6 Å². The Morgan fingerprint density at radius 1 is 1.56 bits per heavy atom. The predicted molar refractivity (Wildman–Crippen MR) is 37.9 cm³/mol. The second-order valence-corrected chi connectivity index (χ2v) is 2.25. The van der Waals surface area contributed by atoms with Gasteiger partial charge in [-0.05, 0) is 19.3 Å². The fourth-order valence-electron chi connectivity index (χ4n) is 0.516. The number of hydrogen-bond donors (Lipinski definition) is 3. The number of hydrazine groups is 1. The monoisotopic (exact) mass is 152 g/mol. The van der Waals surface area contributed by atoms with Gasteiger partial charge in [0.05, 0.1) is 0 Å². The lowest BCUT2D eigenvalue weighted by atomic mass is 10.2. The summed E-state index contributed by atoms with van der Waals surface area (Å²) in [5.74, 6) is 5.57. The van der Waals surface area contributed by atoms with Crippen LogP contribution in [-0.4, -0.2) is 17.2 Å². The Hall–Kier alpha value is 0.170. The highest BCUT2D eigenvalue weighted by Gasteiger charge is 1.97. The molecule has 0 bridgehead atoms. The van der Waals surface area contributed by atoms with Crippen LogP contribution in [0.2, 0.25) is 0 Å². The van der Waals surface area contributed by atoms with Gasteiger partial charge in [0.2, 0.25) is 0 Å². The Bertz CT molecular complexity index is 62.9. The normalized spacial score (nSPS) is 13.7. The summed E-state index contributed by atoms with van der Waals surface area (Å²) in [6, 6.07) is 0. The van der Waals surface area contributed by atoms with Crippen molar-refractivity contribution in [2.24, 2.45) is 5.84 Å². The maximum Gasteiger partial charge on any atom is 0.116 e. The fourth-order valence-corrected chi connectivity index (χ4v) is 0.704. The van der Waals surface area contributed by atoms with E-state index in [0.717, 1.165) is 12.8 Å². The number of alkyl halides is 1. The summed E-state index contributed by atoms with van der Waals surface area (Å²) in [5, 5.41) is 8.81. The van der Waals surface area contributed by atoms with E-state index in [4.69, 9.17) is 22.6 Å². The Kier molecular flexibility index (Phi) is 6.41. The third kappa shape index (κ3) is 6.05. The summed E-state index contributed by atoms with van der Waals surface area (Å²) in [7, 11) is 0. The Balaban J connectivity index is 2.88. The van der Waals surface area contributed by atoms with Crippen molar-refractivity contribution in [3.8, 4) is 0 Å². The van der Waals surface area contributed by atoms with Crippen molar-refractivity contribution in [2.45, 2.75) is 25.5 Å². The molecule has 0 radical (unpaired) electrons. The van der Waals surface area contributed by atoms with Crippen molar-refractivity contribution in [3.63, 3.8) is 0 Å². The molecule has 1 unspecified atom stereocenters. The van der Waals surface area contributed by atoms with Gasteiger partial charge in [0, 0.05) is 5.88 Å². The number of aliphatic hydroxyl groups excluding tert-OH is 1. The van der Waals surface area contributed by atoms with Crippen LogP contribution in [0.15, 0.2) is 0 Å². The smallest absolute Gasteiger partial charge is 0.116 e. The second kappa shape index (κ2) is 6.29. The molecule has 56 valence electrons. The van der Waals surface area contributed by atoms with E-state index in [1.807, 2.05) is 0 Å². The second-order valence-electron chi connectivity index (χ2n) is 1.87. The van der Waals surface area contributed by atoms with E-state index in [0.29, 0.717) is 12.3 Å². The molecule has 0 saturated heterocycles. The number of hydrogen-bond acceptors (Lipinski definition) is 3. The number of nitrogens with two attached hydrogens (primary N) is 1. The zero-order chi connectivity index (χ0) is 7.11. The standard InChI is InChI=1S/C5H13ClN2O/c6-4-2-1-3-5(9)8-7/h5,8-9H,1-4,7H2. The van der Waals surface area contributed by atoms with Gasteiger partial charge in [0.25, 0.3) is 0 Å². The Labute approximate surface area is 60.2 Å². The van der Waals surface area contributed by atoms with E-state index >= 15 is 0 Å². The van der Waals surface area contributed by atoms with E-state index in [-0.39, 0.29) is 0 Å². The molecule has 1 atom stereocenters. The van der Waals surface area contributed by atoms with Crippen molar-refractivity contribution in [2.75, 3.05) is 5.88 Å². The molecule has 0 heterocycles. The summed E-state index contributed by atoms with van der Waals surface area (Å²) in [5.41, 5.74) is 2.24. The van der Waals surface area contributed by atoms with Gasteiger partial charge in [-0.3, -0.25) is 5.84 Å². The lowest BCUT2D eigenvalue weighted by Gasteiger charge is -2.06. The van der Waals surface area contributed by atoms with Crippen LogP contribution >= 0.6 is 11.6 Å². The first-order valence-electron chi connectivity index (χ1n) is 3.01. The Morgan fingerprint density at radius 2 is 2.22 bits per heavy atom. The lowest BCUT2D eigenvalue weighted by molar-refractivity contribution is 0.126. The molecular weight excluding hydrogens is 140 g/mol. The van der Waals surface area contributed by atoms with Gasteiger partial charge in [-0.25, -0.2) is 5.43 Å². The average molecular weight is 153 g/mol. The zero-order valence-corrected chi connectivity index (χ0v) is 6.06. The number of rotatable bonds is 5. The molecular formula is C5H13ClN2O. The van der Waals surface area contributed by atoms with Crippen molar-refractivity contribution in [1.82, 2.24) is 5.43 Å². The van der Waals surface area contributed by atoms with Gasteiger partial charge in [-0.1, -0.05) is 0 Å². The molecule has 4 N–H and O–H groups in total. The van der Waals surface area contributed by atoms with Gasteiger partial charge in [-0.2, -0.15) is 0 Å². The maximum absolute atomic E-state index is 8.81. The van der Waals surface area contributed by atoms with Crippen LogP contribution in [0.4, 0.5) is 0 Å². The average Bonchev–Trinajstić information content (AvgIpc) is 1.89. The molecule has 4 heteroatoms. The number of unbranched alkanes of at least 4 members (excludes halogenated alkanes) is 1. The zero-order valence-electron chi connectivity index (χ0n) is 5.31. The lowest BCUT2D eigenvalue weighted by Crippen LogP contribution is -2.34. The molecule has 0 aromatic heterocycles. The molecule has 0 aromatic rings. The molecule has 0 fully saturated rings. The molecule has 0 amide bonds. The van der Waals surface area contributed by atoms with Crippen LogP contribution in [0, 0.1) is 0 Å². The summed E-state index contributed by atoms with van der Waals surface area (Å²) in [6.07, 6.45) is 1.94. The van der Waals surface area contributed by atoms with Crippen molar-refractivity contribution < 1.29 is 5.11 Å². The fraction of sp³-hybridized carbons (Fsp3) is 1.00. The SMILES string of the molecule is NNC(O)CCCCCl. The van der Waals surface area contributed by atoms with Gasteiger partial charge >= 0.3 is 0 Å².